The van der Waals surface area contributed by atoms with Gasteiger partial charge in [-0.05, 0) is 19.3 Å². The van der Waals surface area contributed by atoms with Crippen LogP contribution >= 0.6 is 11.8 Å². The summed E-state index contributed by atoms with van der Waals surface area (Å²) in [5.74, 6) is 0.522. The Morgan fingerprint density at radius 1 is 1.20 bits per heavy atom. The van der Waals surface area contributed by atoms with Gasteiger partial charge in [0.1, 0.15) is 6.17 Å². The summed E-state index contributed by atoms with van der Waals surface area (Å²) in [5.41, 5.74) is 0. The van der Waals surface area contributed by atoms with Crippen LogP contribution in [0.3, 0.4) is 0 Å². The Hall–Kier alpha value is -0.260. The molecule has 0 bridgehead atoms. The van der Waals surface area contributed by atoms with Crippen LogP contribution in [0.15, 0.2) is 0 Å². The lowest BCUT2D eigenvalue weighted by Crippen LogP contribution is -2.24. The number of halogens is 4. The first-order chi connectivity index (χ1) is 6.95. The van der Waals surface area contributed by atoms with Gasteiger partial charge in [0.15, 0.2) is 11.3 Å². The molecule has 0 fully saturated rings. The van der Waals surface area contributed by atoms with E-state index in [4.69, 9.17) is 0 Å². The molecule has 2 unspecified atom stereocenters. The van der Waals surface area contributed by atoms with Gasteiger partial charge in [-0.1, -0.05) is 11.8 Å². The number of carbonyl (C=O) groups excluding carboxylic acids is 1. The number of thioether (sulfide) groups is 1. The third kappa shape index (κ3) is 7.64. The molecule has 0 aromatic carbocycles. The van der Waals surface area contributed by atoms with E-state index in [1.54, 1.807) is 0 Å². The maximum Gasteiger partial charge on any atom is 0.272 e. The molecule has 0 aromatic heterocycles. The number of alkyl halides is 4. The number of unbranched alkanes of at least 4 members (excludes halogenated alkanes) is 1. The Morgan fingerprint density at radius 2 is 1.80 bits per heavy atom. The normalized spacial score (nSPS) is 15.3. The Labute approximate surface area is 90.6 Å². The molecule has 0 aliphatic rings. The first-order valence-electron chi connectivity index (χ1n) is 4.64. The molecule has 0 aromatic rings. The van der Waals surface area contributed by atoms with Gasteiger partial charge in [-0.25, -0.2) is 17.6 Å². The first kappa shape index (κ1) is 14.7. The average molecular weight is 246 g/mol. The highest BCUT2D eigenvalue weighted by molar-refractivity contribution is 8.13. The third-order valence-electron chi connectivity index (χ3n) is 1.77. The number of hydrogen-bond donors (Lipinski definition) is 0. The fourth-order valence-corrected chi connectivity index (χ4v) is 1.61. The summed E-state index contributed by atoms with van der Waals surface area (Å²) in [6.45, 7) is 1.41. The van der Waals surface area contributed by atoms with Crippen molar-refractivity contribution in [3.63, 3.8) is 0 Å². The van der Waals surface area contributed by atoms with Gasteiger partial charge in [-0.15, -0.1) is 0 Å². The summed E-state index contributed by atoms with van der Waals surface area (Å²) in [7, 11) is 0. The monoisotopic (exact) mass is 246 g/mol. The molecule has 1 nitrogen and oxygen atoms in total. The van der Waals surface area contributed by atoms with Gasteiger partial charge in [0.05, 0.1) is 0 Å². The van der Waals surface area contributed by atoms with Crippen molar-refractivity contribution >= 4 is 16.9 Å². The van der Waals surface area contributed by atoms with Crippen LogP contribution in [0.5, 0.6) is 0 Å². The van der Waals surface area contributed by atoms with Crippen LogP contribution in [-0.4, -0.2) is 29.6 Å². The molecule has 0 rings (SSSR count). The summed E-state index contributed by atoms with van der Waals surface area (Å²) < 4.78 is 48.5. The molecule has 0 heterocycles. The molecule has 90 valence electrons. The largest absolute Gasteiger partial charge is 0.288 e. The lowest BCUT2D eigenvalue weighted by molar-refractivity contribution is -0.109. The molecule has 0 spiro atoms. The van der Waals surface area contributed by atoms with Crippen LogP contribution in [-0.2, 0) is 4.79 Å². The number of rotatable bonds is 7. The smallest absolute Gasteiger partial charge is 0.272 e. The molecular formula is C9H14F4OS. The van der Waals surface area contributed by atoms with E-state index in [1.165, 1.54) is 6.92 Å². The molecule has 0 aliphatic heterocycles. The van der Waals surface area contributed by atoms with E-state index in [0.717, 1.165) is 11.8 Å². The molecule has 0 amide bonds. The Morgan fingerprint density at radius 3 is 2.27 bits per heavy atom. The van der Waals surface area contributed by atoms with Gasteiger partial charge in [0.25, 0.3) is 6.43 Å². The molecule has 2 atom stereocenters. The molecule has 6 heteroatoms. The molecule has 0 radical (unpaired) electrons. The van der Waals surface area contributed by atoms with Crippen molar-refractivity contribution in [2.45, 2.75) is 45.0 Å². The predicted octanol–water partition coefficient (Wildman–Crippen LogP) is 3.38. The van der Waals surface area contributed by atoms with Crippen LogP contribution in [0.25, 0.3) is 0 Å². The zero-order valence-corrected chi connectivity index (χ0v) is 9.21. The van der Waals surface area contributed by atoms with Gasteiger partial charge in [-0.3, -0.25) is 4.79 Å². The van der Waals surface area contributed by atoms with Crippen LogP contribution in [0, 0.1) is 0 Å². The summed E-state index contributed by atoms with van der Waals surface area (Å²) >= 11 is 1.09. The van der Waals surface area contributed by atoms with Crippen molar-refractivity contribution in [1.82, 2.24) is 0 Å². The summed E-state index contributed by atoms with van der Waals surface area (Å²) in [4.78, 5) is 10.5. The second kappa shape index (κ2) is 7.96. The highest BCUT2D eigenvalue weighted by atomic mass is 32.2. The quantitative estimate of drug-likeness (QED) is 0.506. The molecule has 0 aliphatic carbocycles. The maximum atomic E-state index is 12.7. The van der Waals surface area contributed by atoms with Crippen molar-refractivity contribution in [1.29, 1.82) is 0 Å². The van der Waals surface area contributed by atoms with Crippen LogP contribution in [0.2, 0.25) is 0 Å². The van der Waals surface area contributed by atoms with Crippen LogP contribution < -0.4 is 0 Å². The van der Waals surface area contributed by atoms with E-state index in [2.05, 4.69) is 0 Å². The summed E-state index contributed by atoms with van der Waals surface area (Å²) in [6, 6.07) is 0. The van der Waals surface area contributed by atoms with Crippen molar-refractivity contribution in [2.24, 2.45) is 0 Å². The van der Waals surface area contributed by atoms with Gasteiger partial charge in [-0.2, -0.15) is 0 Å². The highest BCUT2D eigenvalue weighted by Crippen LogP contribution is 2.18. The van der Waals surface area contributed by atoms with Gasteiger partial charge < -0.3 is 0 Å². The van der Waals surface area contributed by atoms with E-state index in [-0.39, 0.29) is 11.5 Å². The van der Waals surface area contributed by atoms with Gasteiger partial charge in [0.2, 0.25) is 0 Å². The predicted molar refractivity (Wildman–Crippen MR) is 52.8 cm³/mol. The van der Waals surface area contributed by atoms with E-state index in [1.807, 2.05) is 0 Å². The third-order valence-corrected chi connectivity index (χ3v) is 2.67. The lowest BCUT2D eigenvalue weighted by atomic mass is 10.1. The standard InChI is InChI=1S/C9H14F4OS/c1-6(14)15-5-3-2-4-7(10)8(11)9(12)13/h7-9H,2-5H2,1H3. The topological polar surface area (TPSA) is 17.1 Å². The minimum Gasteiger partial charge on any atom is -0.288 e. The maximum absolute atomic E-state index is 12.7. The SMILES string of the molecule is CC(=O)SCCCCC(F)C(F)C(F)F. The summed E-state index contributed by atoms with van der Waals surface area (Å²) in [5, 5.41) is -0.0391. The second-order valence-corrected chi connectivity index (χ2v) is 4.40. The van der Waals surface area contributed by atoms with Crippen LogP contribution in [0.4, 0.5) is 17.6 Å². The zero-order valence-electron chi connectivity index (χ0n) is 8.39. The second-order valence-electron chi connectivity index (χ2n) is 3.13. The summed E-state index contributed by atoms with van der Waals surface area (Å²) in [6.07, 6.45) is -7.43. The average Bonchev–Trinajstić information content (AvgIpc) is 2.15. The Kier molecular flexibility index (Phi) is 7.82. The van der Waals surface area contributed by atoms with Crippen molar-refractivity contribution in [3.05, 3.63) is 0 Å². The molecule has 0 N–H and O–H groups in total. The van der Waals surface area contributed by atoms with Gasteiger partial charge >= 0.3 is 0 Å². The zero-order chi connectivity index (χ0) is 11.8. The van der Waals surface area contributed by atoms with Crippen LogP contribution in [0.1, 0.15) is 26.2 Å². The molecule has 15 heavy (non-hydrogen) atoms. The van der Waals surface area contributed by atoms with E-state index in [9.17, 15) is 22.4 Å². The minimum absolute atomic E-state index is 0.0391. The lowest BCUT2D eigenvalue weighted by Gasteiger charge is -2.11. The number of hydrogen-bond acceptors (Lipinski definition) is 2. The Bertz CT molecular complexity index is 189. The van der Waals surface area contributed by atoms with Crippen molar-refractivity contribution < 1.29 is 22.4 Å². The van der Waals surface area contributed by atoms with Gasteiger partial charge in [0, 0.05) is 12.7 Å². The minimum atomic E-state index is -3.26. The van der Waals surface area contributed by atoms with E-state index >= 15 is 0 Å². The highest BCUT2D eigenvalue weighted by Gasteiger charge is 2.28. The van der Waals surface area contributed by atoms with Crippen molar-refractivity contribution in [3.8, 4) is 0 Å². The molecular weight excluding hydrogens is 232 g/mol. The molecule has 0 saturated heterocycles. The number of carbonyl (C=O) groups is 1. The first-order valence-corrected chi connectivity index (χ1v) is 5.63. The van der Waals surface area contributed by atoms with Crippen molar-refractivity contribution in [2.75, 3.05) is 5.75 Å². The fraction of sp³-hybridized carbons (Fsp3) is 0.889. The molecule has 0 saturated carbocycles. The van der Waals surface area contributed by atoms with E-state index in [0.29, 0.717) is 18.6 Å². The Balaban J connectivity index is 3.46. The fourth-order valence-electron chi connectivity index (χ4n) is 0.974. The van der Waals surface area contributed by atoms with E-state index < -0.39 is 18.8 Å².